The lowest BCUT2D eigenvalue weighted by molar-refractivity contribution is 0.0941. The molecule has 1 heterocycles. The first-order chi connectivity index (χ1) is 13.4. The molecule has 8 heteroatoms. The van der Waals surface area contributed by atoms with E-state index in [1.807, 2.05) is 0 Å². The van der Waals surface area contributed by atoms with Crippen LogP contribution in [-0.2, 0) is 0 Å². The molecule has 0 spiro atoms. The standard InChI is InChI=1S/C20H11Cl2F2N3O/c21-14-6-5-11(8-17(14)24)18(19-15(22)2-1-7-26-19)27-20(28)12-3-4-13(10-25)16(23)9-12/h1-9,18H,(H,27,28). The molecule has 4 nitrogen and oxygen atoms in total. The summed E-state index contributed by atoms with van der Waals surface area (Å²) in [6, 6.07) is 11.5. The lowest BCUT2D eigenvalue weighted by Gasteiger charge is -2.20. The lowest BCUT2D eigenvalue weighted by Crippen LogP contribution is -2.30. The topological polar surface area (TPSA) is 65.8 Å². The van der Waals surface area contributed by atoms with Crippen molar-refractivity contribution >= 4 is 29.1 Å². The molecule has 0 saturated heterocycles. The minimum Gasteiger partial charge on any atom is -0.339 e. The quantitative estimate of drug-likeness (QED) is 0.645. The minimum atomic E-state index is -0.910. The second-order valence-corrected chi connectivity index (χ2v) is 6.57. The molecule has 3 rings (SSSR count). The minimum absolute atomic E-state index is 0.0111. The van der Waals surface area contributed by atoms with Crippen molar-refractivity contribution in [1.82, 2.24) is 10.3 Å². The fourth-order valence-electron chi connectivity index (χ4n) is 2.57. The molecule has 1 unspecified atom stereocenters. The van der Waals surface area contributed by atoms with Crippen LogP contribution in [0.4, 0.5) is 8.78 Å². The van der Waals surface area contributed by atoms with E-state index in [9.17, 15) is 13.6 Å². The normalized spacial score (nSPS) is 11.5. The van der Waals surface area contributed by atoms with Crippen molar-refractivity contribution in [2.75, 3.05) is 0 Å². The Kier molecular flexibility index (Phi) is 5.88. The molecule has 1 atom stereocenters. The summed E-state index contributed by atoms with van der Waals surface area (Å²) in [4.78, 5) is 16.8. The molecule has 0 fully saturated rings. The Morgan fingerprint density at radius 1 is 1.07 bits per heavy atom. The van der Waals surface area contributed by atoms with Crippen molar-refractivity contribution in [2.45, 2.75) is 6.04 Å². The van der Waals surface area contributed by atoms with E-state index in [0.717, 1.165) is 12.1 Å². The predicted molar refractivity (Wildman–Crippen MR) is 101 cm³/mol. The van der Waals surface area contributed by atoms with E-state index < -0.39 is 23.6 Å². The number of pyridine rings is 1. The van der Waals surface area contributed by atoms with Gasteiger partial charge < -0.3 is 5.32 Å². The van der Waals surface area contributed by atoms with Gasteiger partial charge in [0, 0.05) is 11.8 Å². The van der Waals surface area contributed by atoms with Crippen LogP contribution in [0.5, 0.6) is 0 Å². The number of amides is 1. The van der Waals surface area contributed by atoms with Crippen LogP contribution < -0.4 is 5.32 Å². The Balaban J connectivity index is 2.01. The van der Waals surface area contributed by atoms with Crippen molar-refractivity contribution in [3.8, 4) is 6.07 Å². The van der Waals surface area contributed by atoms with Gasteiger partial charge in [0.15, 0.2) is 0 Å². The zero-order chi connectivity index (χ0) is 20.3. The van der Waals surface area contributed by atoms with Crippen LogP contribution >= 0.6 is 23.2 Å². The largest absolute Gasteiger partial charge is 0.339 e. The predicted octanol–water partition coefficient (Wildman–Crippen LogP) is 5.06. The Bertz CT molecular complexity index is 1100. The van der Waals surface area contributed by atoms with Gasteiger partial charge in [-0.3, -0.25) is 9.78 Å². The van der Waals surface area contributed by atoms with Gasteiger partial charge in [0.2, 0.25) is 0 Å². The second kappa shape index (κ2) is 8.34. The van der Waals surface area contributed by atoms with E-state index in [0.29, 0.717) is 5.56 Å². The molecular formula is C20H11Cl2F2N3O. The van der Waals surface area contributed by atoms with Crippen LogP contribution in [0.3, 0.4) is 0 Å². The third kappa shape index (κ3) is 4.11. The van der Waals surface area contributed by atoms with Gasteiger partial charge in [-0.05, 0) is 48.0 Å². The second-order valence-electron chi connectivity index (χ2n) is 5.76. The van der Waals surface area contributed by atoms with E-state index >= 15 is 0 Å². The number of nitrogens with one attached hydrogen (secondary N) is 1. The van der Waals surface area contributed by atoms with Crippen LogP contribution in [0.2, 0.25) is 10.0 Å². The number of hydrogen-bond donors (Lipinski definition) is 1. The third-order valence-electron chi connectivity index (χ3n) is 3.96. The first-order valence-corrected chi connectivity index (χ1v) is 8.72. The van der Waals surface area contributed by atoms with E-state index in [1.54, 1.807) is 18.2 Å². The van der Waals surface area contributed by atoms with Gasteiger partial charge in [0.25, 0.3) is 5.91 Å². The average molecular weight is 418 g/mol. The first-order valence-electron chi connectivity index (χ1n) is 7.96. The molecule has 1 aromatic heterocycles. The van der Waals surface area contributed by atoms with Gasteiger partial charge in [-0.1, -0.05) is 29.3 Å². The van der Waals surface area contributed by atoms with Crippen LogP contribution in [0.15, 0.2) is 54.7 Å². The molecule has 0 aliphatic rings. The van der Waals surface area contributed by atoms with Crippen molar-refractivity contribution < 1.29 is 13.6 Å². The van der Waals surface area contributed by atoms with Gasteiger partial charge in [0.05, 0.1) is 27.3 Å². The summed E-state index contributed by atoms with van der Waals surface area (Å²) in [6.45, 7) is 0. The van der Waals surface area contributed by atoms with Gasteiger partial charge >= 0.3 is 0 Å². The number of carbonyl (C=O) groups excluding carboxylic acids is 1. The molecule has 0 aliphatic carbocycles. The van der Waals surface area contributed by atoms with Crippen molar-refractivity contribution in [3.05, 3.63) is 98.8 Å². The van der Waals surface area contributed by atoms with Crippen molar-refractivity contribution in [2.24, 2.45) is 0 Å². The summed E-state index contributed by atoms with van der Waals surface area (Å²) in [5.41, 5.74) is 0.446. The highest BCUT2D eigenvalue weighted by atomic mass is 35.5. The molecular weight excluding hydrogens is 407 g/mol. The van der Waals surface area contributed by atoms with Gasteiger partial charge in [-0.15, -0.1) is 0 Å². The maximum Gasteiger partial charge on any atom is 0.252 e. The SMILES string of the molecule is N#Cc1ccc(C(=O)NC(c2ccc(Cl)c(F)c2)c2ncccc2Cl)cc1F. The van der Waals surface area contributed by atoms with Gasteiger partial charge in [-0.25, -0.2) is 8.78 Å². The number of benzene rings is 2. The number of nitriles is 1. The maximum absolute atomic E-state index is 14.0. The number of aromatic nitrogens is 1. The molecule has 140 valence electrons. The van der Waals surface area contributed by atoms with Crippen LogP contribution in [0, 0.1) is 23.0 Å². The highest BCUT2D eigenvalue weighted by Crippen LogP contribution is 2.29. The Hall–Kier alpha value is -3.01. The Morgan fingerprint density at radius 3 is 2.50 bits per heavy atom. The molecule has 0 bridgehead atoms. The Labute approximate surface area is 169 Å². The molecule has 28 heavy (non-hydrogen) atoms. The fraction of sp³-hybridized carbons (Fsp3) is 0.0500. The van der Waals surface area contributed by atoms with Crippen LogP contribution in [0.25, 0.3) is 0 Å². The van der Waals surface area contributed by atoms with E-state index in [4.69, 9.17) is 28.5 Å². The zero-order valence-corrected chi connectivity index (χ0v) is 15.6. The summed E-state index contributed by atoms with van der Waals surface area (Å²) < 4.78 is 27.8. The molecule has 3 aromatic rings. The van der Waals surface area contributed by atoms with Gasteiger partial charge in [0.1, 0.15) is 17.7 Å². The number of nitrogens with zero attached hydrogens (tertiary/aromatic N) is 2. The molecule has 0 aliphatic heterocycles. The monoisotopic (exact) mass is 417 g/mol. The highest BCUT2D eigenvalue weighted by Gasteiger charge is 2.23. The summed E-state index contributed by atoms with van der Waals surface area (Å²) >= 11 is 11.9. The summed E-state index contributed by atoms with van der Waals surface area (Å²) in [6.07, 6.45) is 1.48. The highest BCUT2D eigenvalue weighted by molar-refractivity contribution is 6.31. The smallest absolute Gasteiger partial charge is 0.252 e. The van der Waals surface area contributed by atoms with Gasteiger partial charge in [-0.2, -0.15) is 5.26 Å². The molecule has 1 amide bonds. The lowest BCUT2D eigenvalue weighted by atomic mass is 10.0. The summed E-state index contributed by atoms with van der Waals surface area (Å²) in [5.74, 6) is -2.14. The number of hydrogen-bond acceptors (Lipinski definition) is 3. The number of rotatable bonds is 4. The van der Waals surface area contributed by atoms with Crippen molar-refractivity contribution in [3.63, 3.8) is 0 Å². The molecule has 0 saturated carbocycles. The first kappa shape index (κ1) is 19.7. The number of carbonyl (C=O) groups is 1. The number of halogens is 4. The van der Waals surface area contributed by atoms with E-state index in [2.05, 4.69) is 10.3 Å². The molecule has 1 N–H and O–H groups in total. The maximum atomic E-state index is 14.0. The third-order valence-corrected chi connectivity index (χ3v) is 4.59. The zero-order valence-electron chi connectivity index (χ0n) is 14.1. The van der Waals surface area contributed by atoms with Crippen LogP contribution in [0.1, 0.15) is 33.2 Å². The summed E-state index contributed by atoms with van der Waals surface area (Å²) in [5, 5.41) is 11.7. The van der Waals surface area contributed by atoms with E-state index in [-0.39, 0.29) is 26.9 Å². The Morgan fingerprint density at radius 2 is 1.86 bits per heavy atom. The fourth-order valence-corrected chi connectivity index (χ4v) is 2.92. The molecule has 0 radical (unpaired) electrons. The molecule has 2 aromatic carbocycles. The average Bonchev–Trinajstić information content (AvgIpc) is 2.68. The van der Waals surface area contributed by atoms with Crippen molar-refractivity contribution in [1.29, 1.82) is 5.26 Å². The van der Waals surface area contributed by atoms with Crippen LogP contribution in [-0.4, -0.2) is 10.9 Å². The summed E-state index contributed by atoms with van der Waals surface area (Å²) in [7, 11) is 0. The van der Waals surface area contributed by atoms with E-state index in [1.165, 1.54) is 30.5 Å².